The third-order valence-corrected chi connectivity index (χ3v) is 10.8. The maximum atomic E-state index is 15.1. The lowest BCUT2D eigenvalue weighted by atomic mass is 10.0. The summed E-state index contributed by atoms with van der Waals surface area (Å²) >= 11 is 0. The predicted molar refractivity (Wildman–Crippen MR) is 136 cm³/mol. The number of benzene rings is 2. The zero-order chi connectivity index (χ0) is 25.2. The molecule has 2 aromatic carbocycles. The van der Waals surface area contributed by atoms with Crippen LogP contribution < -0.4 is 5.32 Å². The molecule has 7 nitrogen and oxygen atoms in total. The third-order valence-electron chi connectivity index (χ3n) is 7.17. The number of nitrogens with zero attached hydrogens (tertiary/aromatic N) is 2. The van der Waals surface area contributed by atoms with E-state index in [1.807, 2.05) is 37.3 Å². The summed E-state index contributed by atoms with van der Waals surface area (Å²) in [6.07, 6.45) is 4.47. The van der Waals surface area contributed by atoms with E-state index in [0.29, 0.717) is 50.0 Å². The van der Waals surface area contributed by atoms with Gasteiger partial charge in [0.05, 0.1) is 6.26 Å². The highest BCUT2D eigenvalue weighted by atomic mass is 32.2. The van der Waals surface area contributed by atoms with Gasteiger partial charge in [0, 0.05) is 43.0 Å². The molecule has 2 aliphatic rings. The van der Waals surface area contributed by atoms with Crippen LogP contribution in [0.3, 0.4) is 0 Å². The molecule has 1 N–H and O–H groups in total. The van der Waals surface area contributed by atoms with Gasteiger partial charge in [0.15, 0.2) is 0 Å². The Kier molecular flexibility index (Phi) is 7.85. The Hall–Kier alpha value is -2.01. The van der Waals surface area contributed by atoms with Crippen LogP contribution in [0.1, 0.15) is 55.4 Å². The van der Waals surface area contributed by atoms with Gasteiger partial charge in [-0.1, -0.05) is 43.3 Å². The van der Waals surface area contributed by atoms with Crippen LogP contribution in [0.15, 0.2) is 48.5 Å². The van der Waals surface area contributed by atoms with Gasteiger partial charge in [-0.05, 0) is 49.8 Å². The van der Waals surface area contributed by atoms with Gasteiger partial charge < -0.3 is 5.32 Å². The number of sulfonamides is 2. The summed E-state index contributed by atoms with van der Waals surface area (Å²) in [4.78, 5) is 0. The normalized spacial score (nSPS) is 24.3. The molecule has 2 saturated heterocycles. The van der Waals surface area contributed by atoms with E-state index < -0.39 is 31.1 Å². The first kappa shape index (κ1) is 26.1. The highest BCUT2D eigenvalue weighted by Crippen LogP contribution is 2.39. The second kappa shape index (κ2) is 10.5. The Morgan fingerprint density at radius 1 is 1.03 bits per heavy atom. The molecular weight excluding hydrogens is 489 g/mol. The van der Waals surface area contributed by atoms with E-state index in [2.05, 4.69) is 5.32 Å². The standard InChI is InChI=1S/C25H34FN3O4S2/c1-3-23-11-12-25(19-7-5-4-6-8-19)35(32,33)29(23)18-20-9-10-22(17-24(20)26)27-21-13-15-28(16-14-21)34(2,30)31/h4-10,17,21,23,25,27H,3,11-16,18H2,1-2H3/t23-,25?/m0/s1. The van der Waals surface area contributed by atoms with Gasteiger partial charge in [-0.2, -0.15) is 4.31 Å². The van der Waals surface area contributed by atoms with Gasteiger partial charge >= 0.3 is 0 Å². The number of nitrogens with one attached hydrogen (secondary N) is 1. The fraction of sp³-hybridized carbons (Fsp3) is 0.520. The van der Waals surface area contributed by atoms with Gasteiger partial charge in [-0.25, -0.2) is 25.5 Å². The summed E-state index contributed by atoms with van der Waals surface area (Å²) in [6, 6.07) is 14.0. The molecule has 0 aromatic heterocycles. The van der Waals surface area contributed by atoms with E-state index in [9.17, 15) is 16.8 Å². The molecule has 0 spiro atoms. The summed E-state index contributed by atoms with van der Waals surface area (Å²) < 4.78 is 68.6. The SMILES string of the molecule is CC[C@H]1CCC(c2ccccc2)S(=O)(=O)N1Cc1ccc(NC2CCN(S(C)(=O)=O)CC2)cc1F. The molecule has 4 rings (SSSR count). The van der Waals surface area contributed by atoms with E-state index >= 15 is 4.39 Å². The topological polar surface area (TPSA) is 86.8 Å². The summed E-state index contributed by atoms with van der Waals surface area (Å²) in [7, 11) is -6.84. The van der Waals surface area contributed by atoms with Crippen molar-refractivity contribution >= 4 is 25.7 Å². The number of piperidine rings is 1. The predicted octanol–water partition coefficient (Wildman–Crippen LogP) is 4.11. The average molecular weight is 524 g/mol. The second-order valence-electron chi connectivity index (χ2n) is 9.52. The van der Waals surface area contributed by atoms with E-state index in [1.165, 1.54) is 20.9 Å². The minimum Gasteiger partial charge on any atom is -0.382 e. The Bertz CT molecular complexity index is 1230. The van der Waals surface area contributed by atoms with Gasteiger partial charge in [0.25, 0.3) is 0 Å². The molecular formula is C25H34FN3O4S2. The largest absolute Gasteiger partial charge is 0.382 e. The van der Waals surface area contributed by atoms with Crippen LogP contribution in [0.2, 0.25) is 0 Å². The van der Waals surface area contributed by atoms with Crippen molar-refractivity contribution in [2.45, 2.75) is 62.9 Å². The van der Waals surface area contributed by atoms with Gasteiger partial charge in [-0.15, -0.1) is 0 Å². The van der Waals surface area contributed by atoms with Gasteiger partial charge in [0.2, 0.25) is 20.0 Å². The fourth-order valence-electron chi connectivity index (χ4n) is 5.14. The molecule has 1 unspecified atom stereocenters. The molecule has 2 aliphatic heterocycles. The molecule has 0 amide bonds. The number of anilines is 1. The lowest BCUT2D eigenvalue weighted by Gasteiger charge is -2.39. The molecule has 35 heavy (non-hydrogen) atoms. The molecule has 2 atom stereocenters. The van der Waals surface area contributed by atoms with E-state index in [-0.39, 0.29) is 18.6 Å². The fourth-order valence-corrected chi connectivity index (χ4v) is 8.27. The van der Waals surface area contributed by atoms with Crippen molar-refractivity contribution in [2.75, 3.05) is 24.7 Å². The first-order chi connectivity index (χ1) is 16.6. The Morgan fingerprint density at radius 3 is 2.31 bits per heavy atom. The van der Waals surface area contributed by atoms with Crippen LogP contribution in [-0.4, -0.2) is 56.9 Å². The van der Waals surface area contributed by atoms with E-state index in [0.717, 1.165) is 12.0 Å². The maximum absolute atomic E-state index is 15.1. The first-order valence-electron chi connectivity index (χ1n) is 12.1. The number of halogens is 1. The molecule has 10 heteroatoms. The number of rotatable bonds is 7. The Morgan fingerprint density at radius 2 is 1.71 bits per heavy atom. The molecule has 0 radical (unpaired) electrons. The molecule has 0 saturated carbocycles. The lowest BCUT2D eigenvalue weighted by Crippen LogP contribution is -2.46. The van der Waals surface area contributed by atoms with Crippen molar-refractivity contribution < 1.29 is 21.2 Å². The van der Waals surface area contributed by atoms with Crippen molar-refractivity contribution in [1.29, 1.82) is 0 Å². The van der Waals surface area contributed by atoms with Crippen LogP contribution in [0.4, 0.5) is 10.1 Å². The number of hydrogen-bond donors (Lipinski definition) is 1. The monoisotopic (exact) mass is 523 g/mol. The summed E-state index contributed by atoms with van der Waals surface area (Å²) in [5, 5.41) is 2.68. The molecule has 2 heterocycles. The summed E-state index contributed by atoms with van der Waals surface area (Å²) in [5.74, 6) is -0.449. The molecule has 2 fully saturated rings. The molecule has 192 valence electrons. The molecule has 2 aromatic rings. The maximum Gasteiger partial charge on any atom is 0.221 e. The van der Waals surface area contributed by atoms with Crippen LogP contribution in [-0.2, 0) is 26.6 Å². The number of hydrogen-bond acceptors (Lipinski definition) is 5. The second-order valence-corrected chi connectivity index (χ2v) is 13.6. The average Bonchev–Trinajstić information content (AvgIpc) is 2.82. The van der Waals surface area contributed by atoms with Crippen molar-refractivity contribution in [3.8, 4) is 0 Å². The zero-order valence-corrected chi connectivity index (χ0v) is 21.9. The van der Waals surface area contributed by atoms with Crippen LogP contribution in [0.5, 0.6) is 0 Å². The van der Waals surface area contributed by atoms with E-state index in [1.54, 1.807) is 12.1 Å². The Labute approximate surface area is 208 Å². The molecule has 0 bridgehead atoms. The van der Waals surface area contributed by atoms with Crippen molar-refractivity contribution in [3.05, 3.63) is 65.5 Å². The summed E-state index contributed by atoms with van der Waals surface area (Å²) in [5.41, 5.74) is 1.73. The zero-order valence-electron chi connectivity index (χ0n) is 20.2. The van der Waals surface area contributed by atoms with E-state index in [4.69, 9.17) is 0 Å². The molecule has 0 aliphatic carbocycles. The smallest absolute Gasteiger partial charge is 0.221 e. The minimum absolute atomic E-state index is 0.00301. The van der Waals surface area contributed by atoms with Crippen LogP contribution in [0.25, 0.3) is 0 Å². The third kappa shape index (κ3) is 5.87. The lowest BCUT2D eigenvalue weighted by molar-refractivity contribution is 0.257. The quantitative estimate of drug-likeness (QED) is 0.590. The highest BCUT2D eigenvalue weighted by molar-refractivity contribution is 7.89. The highest BCUT2D eigenvalue weighted by Gasteiger charge is 2.41. The van der Waals surface area contributed by atoms with Crippen molar-refractivity contribution in [1.82, 2.24) is 8.61 Å². The van der Waals surface area contributed by atoms with Crippen molar-refractivity contribution in [2.24, 2.45) is 0 Å². The Balaban J connectivity index is 1.47. The summed E-state index contributed by atoms with van der Waals surface area (Å²) in [6.45, 7) is 2.84. The minimum atomic E-state index is -3.65. The van der Waals surface area contributed by atoms with Crippen molar-refractivity contribution in [3.63, 3.8) is 0 Å². The van der Waals surface area contributed by atoms with Gasteiger partial charge in [0.1, 0.15) is 11.1 Å². The van der Waals surface area contributed by atoms with Gasteiger partial charge in [-0.3, -0.25) is 0 Å². The van der Waals surface area contributed by atoms with Crippen LogP contribution >= 0.6 is 0 Å². The first-order valence-corrected chi connectivity index (χ1v) is 15.5. The van der Waals surface area contributed by atoms with Crippen LogP contribution in [0, 0.1) is 5.82 Å².